The third-order valence-electron chi connectivity index (χ3n) is 6.96. The van der Waals surface area contributed by atoms with Crippen molar-refractivity contribution in [2.24, 2.45) is 0 Å². The number of benzene rings is 2. The maximum atomic E-state index is 10.4. The van der Waals surface area contributed by atoms with Gasteiger partial charge in [0.25, 0.3) is 0 Å². The van der Waals surface area contributed by atoms with E-state index in [1.54, 1.807) is 7.11 Å². The van der Waals surface area contributed by atoms with Crippen LogP contribution in [0.15, 0.2) is 24.3 Å². The number of phenols is 1. The largest absolute Gasteiger partial charge is 0.507 e. The number of piperazine rings is 1. The summed E-state index contributed by atoms with van der Waals surface area (Å²) in [7, 11) is 1.70. The van der Waals surface area contributed by atoms with Gasteiger partial charge >= 0.3 is 0 Å². The van der Waals surface area contributed by atoms with Gasteiger partial charge in [0.15, 0.2) is 0 Å². The van der Waals surface area contributed by atoms with Crippen molar-refractivity contribution in [2.45, 2.75) is 46.1 Å². The number of hydrogen-bond acceptors (Lipinski definition) is 5. The van der Waals surface area contributed by atoms with Crippen molar-refractivity contribution in [3.63, 3.8) is 0 Å². The first kappa shape index (κ1) is 20.9. The van der Waals surface area contributed by atoms with Gasteiger partial charge in [0.1, 0.15) is 22.8 Å². The predicted molar refractivity (Wildman–Crippen MR) is 121 cm³/mol. The zero-order valence-electron chi connectivity index (χ0n) is 18.9. The SMILES string of the molecule is COc1ccc(N2CCN(CC3(C)CCc4c(C)c(O)c(C)c(C)c4O3)CC2)cc1. The zero-order valence-corrected chi connectivity index (χ0v) is 18.9. The summed E-state index contributed by atoms with van der Waals surface area (Å²) in [5.74, 6) is 2.32. The standard InChI is InChI=1S/C25H34N2O3/c1-17-18(2)24-22(19(3)23(17)28)10-11-25(4,30-24)16-26-12-14-27(15-13-26)20-6-8-21(29-5)9-7-20/h6-9,28H,10-16H2,1-5H3. The van der Waals surface area contributed by atoms with Gasteiger partial charge in [-0.1, -0.05) is 0 Å². The highest BCUT2D eigenvalue weighted by Crippen LogP contribution is 2.43. The maximum Gasteiger partial charge on any atom is 0.127 e. The molecule has 0 radical (unpaired) electrons. The third kappa shape index (κ3) is 3.83. The lowest BCUT2D eigenvalue weighted by molar-refractivity contribution is 0.0227. The van der Waals surface area contributed by atoms with E-state index in [-0.39, 0.29) is 5.60 Å². The minimum atomic E-state index is -0.199. The van der Waals surface area contributed by atoms with E-state index in [1.807, 2.05) is 26.0 Å². The lowest BCUT2D eigenvalue weighted by atomic mass is 9.86. The highest BCUT2D eigenvalue weighted by molar-refractivity contribution is 5.58. The number of methoxy groups -OCH3 is 1. The van der Waals surface area contributed by atoms with Gasteiger partial charge in [0, 0.05) is 44.0 Å². The van der Waals surface area contributed by atoms with Crippen LogP contribution in [0.2, 0.25) is 0 Å². The average molecular weight is 411 g/mol. The Kier molecular flexibility index (Phi) is 5.58. The van der Waals surface area contributed by atoms with Gasteiger partial charge in [-0.2, -0.15) is 0 Å². The van der Waals surface area contributed by atoms with Crippen LogP contribution < -0.4 is 14.4 Å². The summed E-state index contributed by atoms with van der Waals surface area (Å²) in [6.07, 6.45) is 1.93. The molecule has 162 valence electrons. The Morgan fingerprint density at radius 1 is 1.00 bits per heavy atom. The summed E-state index contributed by atoms with van der Waals surface area (Å²) < 4.78 is 11.9. The molecule has 0 saturated carbocycles. The van der Waals surface area contributed by atoms with Crippen LogP contribution in [0, 0.1) is 20.8 Å². The summed E-state index contributed by atoms with van der Waals surface area (Å²) >= 11 is 0. The monoisotopic (exact) mass is 410 g/mol. The van der Waals surface area contributed by atoms with E-state index in [9.17, 15) is 5.11 Å². The van der Waals surface area contributed by atoms with Crippen LogP contribution in [0.5, 0.6) is 17.2 Å². The van der Waals surface area contributed by atoms with E-state index in [1.165, 1.54) is 11.3 Å². The van der Waals surface area contributed by atoms with E-state index in [2.05, 4.69) is 35.8 Å². The Morgan fingerprint density at radius 3 is 2.30 bits per heavy atom. The Bertz CT molecular complexity index is 917. The maximum absolute atomic E-state index is 10.4. The summed E-state index contributed by atoms with van der Waals surface area (Å²) in [5.41, 5.74) is 5.22. The molecule has 0 amide bonds. The normalized spacial score (nSPS) is 21.8. The molecule has 5 heteroatoms. The first-order valence-electron chi connectivity index (χ1n) is 10.9. The molecule has 1 saturated heterocycles. The van der Waals surface area contributed by atoms with Crippen molar-refractivity contribution in [1.82, 2.24) is 4.90 Å². The molecule has 0 aromatic heterocycles. The number of hydrogen-bond donors (Lipinski definition) is 1. The molecule has 0 bridgehead atoms. The van der Waals surface area contributed by atoms with E-state index in [4.69, 9.17) is 9.47 Å². The molecule has 0 aliphatic carbocycles. The van der Waals surface area contributed by atoms with Crippen LogP contribution in [0.25, 0.3) is 0 Å². The average Bonchev–Trinajstić information content (AvgIpc) is 2.76. The molecule has 1 unspecified atom stereocenters. The fourth-order valence-electron chi connectivity index (χ4n) is 4.84. The van der Waals surface area contributed by atoms with Crippen LogP contribution in [0.1, 0.15) is 35.6 Å². The van der Waals surface area contributed by atoms with Gasteiger partial charge in [-0.05, 0) is 81.5 Å². The molecule has 30 heavy (non-hydrogen) atoms. The van der Waals surface area contributed by atoms with Gasteiger partial charge in [0.05, 0.1) is 7.11 Å². The Hall–Kier alpha value is -2.40. The first-order valence-corrected chi connectivity index (χ1v) is 10.9. The second-order valence-electron chi connectivity index (χ2n) is 9.04. The van der Waals surface area contributed by atoms with E-state index in [0.717, 1.165) is 73.8 Å². The van der Waals surface area contributed by atoms with Crippen molar-refractivity contribution in [3.8, 4) is 17.2 Å². The second kappa shape index (κ2) is 8.03. The molecule has 2 heterocycles. The molecular weight excluding hydrogens is 376 g/mol. The van der Waals surface area contributed by atoms with Gasteiger partial charge in [-0.3, -0.25) is 4.90 Å². The highest BCUT2D eigenvalue weighted by atomic mass is 16.5. The summed E-state index contributed by atoms with van der Waals surface area (Å²) in [6.45, 7) is 13.3. The fraction of sp³-hybridized carbons (Fsp3) is 0.520. The predicted octanol–water partition coefficient (Wildman–Crippen LogP) is 4.23. The highest BCUT2D eigenvalue weighted by Gasteiger charge is 2.36. The molecule has 2 aromatic rings. The fourth-order valence-corrected chi connectivity index (χ4v) is 4.84. The number of nitrogens with zero attached hydrogens (tertiary/aromatic N) is 2. The topological polar surface area (TPSA) is 45.2 Å². The van der Waals surface area contributed by atoms with Crippen molar-refractivity contribution in [2.75, 3.05) is 44.7 Å². The van der Waals surface area contributed by atoms with Crippen LogP contribution in [-0.4, -0.2) is 55.4 Å². The van der Waals surface area contributed by atoms with E-state index >= 15 is 0 Å². The first-order chi connectivity index (χ1) is 14.3. The van der Waals surface area contributed by atoms with Crippen molar-refractivity contribution < 1.29 is 14.6 Å². The Labute approximate surface area is 180 Å². The Morgan fingerprint density at radius 2 is 1.67 bits per heavy atom. The van der Waals surface area contributed by atoms with Gasteiger partial charge in [0.2, 0.25) is 0 Å². The number of fused-ring (bicyclic) bond motifs is 1. The molecule has 1 fully saturated rings. The molecule has 1 N–H and O–H groups in total. The van der Waals surface area contributed by atoms with E-state index in [0.29, 0.717) is 5.75 Å². The van der Waals surface area contributed by atoms with Crippen LogP contribution in [-0.2, 0) is 6.42 Å². The molecule has 1 atom stereocenters. The molecule has 5 nitrogen and oxygen atoms in total. The Balaban J connectivity index is 1.41. The van der Waals surface area contributed by atoms with Crippen molar-refractivity contribution in [3.05, 3.63) is 46.5 Å². The lowest BCUT2D eigenvalue weighted by Crippen LogP contribution is -2.53. The summed E-state index contributed by atoms with van der Waals surface area (Å²) in [5, 5.41) is 10.4. The minimum absolute atomic E-state index is 0.199. The zero-order chi connectivity index (χ0) is 21.5. The number of phenolic OH excluding ortho intramolecular Hbond substituents is 1. The van der Waals surface area contributed by atoms with Gasteiger partial charge < -0.3 is 19.5 Å². The lowest BCUT2D eigenvalue weighted by Gasteiger charge is -2.43. The van der Waals surface area contributed by atoms with Gasteiger partial charge in [-0.15, -0.1) is 0 Å². The van der Waals surface area contributed by atoms with Crippen molar-refractivity contribution in [1.29, 1.82) is 0 Å². The third-order valence-corrected chi connectivity index (χ3v) is 6.96. The molecule has 2 aromatic carbocycles. The molecule has 2 aliphatic rings. The number of ether oxygens (including phenoxy) is 2. The molecule has 2 aliphatic heterocycles. The van der Waals surface area contributed by atoms with Crippen LogP contribution in [0.3, 0.4) is 0 Å². The van der Waals surface area contributed by atoms with Crippen LogP contribution in [0.4, 0.5) is 5.69 Å². The van der Waals surface area contributed by atoms with Gasteiger partial charge in [-0.25, -0.2) is 0 Å². The summed E-state index contributed by atoms with van der Waals surface area (Å²) in [6, 6.07) is 8.33. The number of anilines is 1. The number of aromatic hydroxyl groups is 1. The summed E-state index contributed by atoms with van der Waals surface area (Å²) in [4.78, 5) is 4.97. The smallest absolute Gasteiger partial charge is 0.127 e. The molecular formula is C25H34N2O3. The molecule has 4 rings (SSSR count). The van der Waals surface area contributed by atoms with E-state index < -0.39 is 0 Å². The second-order valence-corrected chi connectivity index (χ2v) is 9.04. The minimum Gasteiger partial charge on any atom is -0.507 e. The van der Waals surface area contributed by atoms with Crippen LogP contribution >= 0.6 is 0 Å². The quantitative estimate of drug-likeness (QED) is 0.817. The number of rotatable bonds is 4. The van der Waals surface area contributed by atoms with Crippen molar-refractivity contribution >= 4 is 5.69 Å². The molecule has 0 spiro atoms.